The number of hydrogen-bond acceptors (Lipinski definition) is 4. The van der Waals surface area contributed by atoms with Crippen LogP contribution in [-0.2, 0) is 5.41 Å². The van der Waals surface area contributed by atoms with Crippen LogP contribution >= 0.6 is 0 Å². The van der Waals surface area contributed by atoms with Gasteiger partial charge in [-0.25, -0.2) is 19.9 Å². The van der Waals surface area contributed by atoms with Crippen molar-refractivity contribution in [1.82, 2.24) is 19.9 Å². The summed E-state index contributed by atoms with van der Waals surface area (Å²) in [6, 6.07) is 82.2. The molecule has 8 aromatic carbocycles. The highest BCUT2D eigenvalue weighted by Gasteiger charge is 2.45. The largest absolute Gasteiger partial charge is 0.245 e. The molecular weight excluding hydrogens is 789 g/mol. The van der Waals surface area contributed by atoms with Crippen molar-refractivity contribution in [3.05, 3.63) is 253 Å². The Morgan fingerprint density at radius 1 is 0.231 bits per heavy atom. The van der Waals surface area contributed by atoms with E-state index in [1.54, 1.807) is 0 Å². The first kappa shape index (κ1) is 37.0. The second kappa shape index (κ2) is 14.8. The van der Waals surface area contributed by atoms with E-state index in [1.165, 1.54) is 33.4 Å². The standard InChI is InChI=1S/C61H38N4/c1-3-11-39(12-4-1)53-35-27-43-19-21-45-29-37-55(64-59(45)57(43)62-53)41-23-31-47(32-24-41)61(51-17-9-7-15-49(51)50-16-8-10-18-52(50)61)48-33-25-42(26-34-48)56-38-30-46-22-20-44-28-36-54(40-13-5-2-6-14-40)63-58(44)60(46)65-56/h1-38H. The molecule has 0 saturated carbocycles. The van der Waals surface area contributed by atoms with Crippen molar-refractivity contribution in [3.8, 4) is 56.2 Å². The van der Waals surface area contributed by atoms with Gasteiger partial charge in [-0.3, -0.25) is 0 Å². The van der Waals surface area contributed by atoms with Crippen molar-refractivity contribution < 1.29 is 0 Å². The Hall–Kier alpha value is -8.60. The molecule has 0 saturated heterocycles. The third kappa shape index (κ3) is 5.92. The van der Waals surface area contributed by atoms with Gasteiger partial charge < -0.3 is 0 Å². The van der Waals surface area contributed by atoms with Crippen LogP contribution in [0.25, 0.3) is 99.8 Å². The smallest absolute Gasteiger partial charge is 0.0972 e. The van der Waals surface area contributed by atoms with Gasteiger partial charge >= 0.3 is 0 Å². The van der Waals surface area contributed by atoms with Crippen molar-refractivity contribution in [2.75, 3.05) is 0 Å². The maximum absolute atomic E-state index is 5.30. The lowest BCUT2D eigenvalue weighted by molar-refractivity contribution is 0.768. The quantitative estimate of drug-likeness (QED) is 0.157. The van der Waals surface area contributed by atoms with Crippen LogP contribution in [0.4, 0.5) is 0 Å². The summed E-state index contributed by atoms with van der Waals surface area (Å²) < 4.78 is 0. The number of benzene rings is 8. The molecular formula is C61H38N4. The average Bonchev–Trinajstić information content (AvgIpc) is 3.69. The number of fused-ring (bicyclic) bond motifs is 9. The summed E-state index contributed by atoms with van der Waals surface area (Å²) in [5, 5.41) is 4.28. The third-order valence-electron chi connectivity index (χ3n) is 13.4. The van der Waals surface area contributed by atoms with Gasteiger partial charge in [0.25, 0.3) is 0 Å². The molecule has 0 unspecified atom stereocenters. The zero-order chi connectivity index (χ0) is 42.9. The highest BCUT2D eigenvalue weighted by molar-refractivity contribution is 6.05. The van der Waals surface area contributed by atoms with Crippen LogP contribution in [0.3, 0.4) is 0 Å². The second-order valence-corrected chi connectivity index (χ2v) is 16.9. The second-order valence-electron chi connectivity index (χ2n) is 16.9. The van der Waals surface area contributed by atoms with E-state index in [9.17, 15) is 0 Å². The van der Waals surface area contributed by atoms with Gasteiger partial charge in [0, 0.05) is 43.8 Å². The topological polar surface area (TPSA) is 51.6 Å². The normalized spacial score (nSPS) is 12.7. The fourth-order valence-electron chi connectivity index (χ4n) is 10.2. The molecule has 0 amide bonds. The summed E-state index contributed by atoms with van der Waals surface area (Å²) in [4.78, 5) is 20.9. The summed E-state index contributed by atoms with van der Waals surface area (Å²) in [6.45, 7) is 0. The molecule has 302 valence electrons. The average molecular weight is 827 g/mol. The summed E-state index contributed by atoms with van der Waals surface area (Å²) in [5.41, 5.74) is 18.5. The molecule has 65 heavy (non-hydrogen) atoms. The summed E-state index contributed by atoms with van der Waals surface area (Å²) in [6.07, 6.45) is 0. The molecule has 4 nitrogen and oxygen atoms in total. The van der Waals surface area contributed by atoms with E-state index in [0.717, 1.165) is 88.6 Å². The fourth-order valence-corrected chi connectivity index (χ4v) is 10.2. The zero-order valence-electron chi connectivity index (χ0n) is 35.2. The van der Waals surface area contributed by atoms with E-state index in [-0.39, 0.29) is 0 Å². The maximum Gasteiger partial charge on any atom is 0.0972 e. The van der Waals surface area contributed by atoms with Crippen LogP contribution in [0.1, 0.15) is 22.3 Å². The van der Waals surface area contributed by atoms with Gasteiger partial charge in [0.2, 0.25) is 0 Å². The van der Waals surface area contributed by atoms with E-state index in [2.05, 4.69) is 218 Å². The Labute approximate surface area is 376 Å². The van der Waals surface area contributed by atoms with Crippen LogP contribution in [0.2, 0.25) is 0 Å². The molecule has 0 aliphatic heterocycles. The van der Waals surface area contributed by atoms with E-state index >= 15 is 0 Å². The summed E-state index contributed by atoms with van der Waals surface area (Å²) >= 11 is 0. The summed E-state index contributed by atoms with van der Waals surface area (Å²) in [5.74, 6) is 0. The van der Waals surface area contributed by atoms with Gasteiger partial charge in [-0.05, 0) is 57.6 Å². The van der Waals surface area contributed by atoms with Crippen LogP contribution in [0.15, 0.2) is 231 Å². The lowest BCUT2D eigenvalue weighted by atomic mass is 9.67. The van der Waals surface area contributed by atoms with Crippen LogP contribution in [-0.4, -0.2) is 19.9 Å². The van der Waals surface area contributed by atoms with Crippen molar-refractivity contribution in [3.63, 3.8) is 0 Å². The predicted molar refractivity (Wildman–Crippen MR) is 267 cm³/mol. The van der Waals surface area contributed by atoms with Gasteiger partial charge in [-0.2, -0.15) is 0 Å². The number of pyridine rings is 4. The zero-order valence-corrected chi connectivity index (χ0v) is 35.2. The SMILES string of the molecule is c1ccc(-c2ccc3ccc4ccc(-c5ccc(C6(c7ccc(-c8ccc9ccc%10ccc(-c%11ccccc%11)nc%10c9n8)cc7)c7ccccc7-c7ccccc76)cc5)nc4c3n2)cc1. The molecule has 4 heteroatoms. The third-order valence-corrected chi connectivity index (χ3v) is 13.4. The predicted octanol–water partition coefficient (Wildman–Crippen LogP) is 14.9. The van der Waals surface area contributed by atoms with E-state index in [0.29, 0.717) is 0 Å². The molecule has 0 spiro atoms. The Kier molecular flexibility index (Phi) is 8.40. The molecule has 0 N–H and O–H groups in total. The number of rotatable bonds is 6. The minimum Gasteiger partial charge on any atom is -0.245 e. The Morgan fingerprint density at radius 2 is 0.508 bits per heavy atom. The van der Waals surface area contributed by atoms with E-state index < -0.39 is 5.41 Å². The molecule has 0 atom stereocenters. The summed E-state index contributed by atoms with van der Waals surface area (Å²) in [7, 11) is 0. The minimum atomic E-state index is -0.556. The Morgan fingerprint density at radius 3 is 0.846 bits per heavy atom. The first-order valence-corrected chi connectivity index (χ1v) is 22.1. The molecule has 12 aromatic rings. The minimum absolute atomic E-state index is 0.556. The molecule has 0 bridgehead atoms. The van der Waals surface area contributed by atoms with Crippen molar-refractivity contribution in [1.29, 1.82) is 0 Å². The first-order valence-electron chi connectivity index (χ1n) is 22.1. The highest BCUT2D eigenvalue weighted by Crippen LogP contribution is 2.56. The van der Waals surface area contributed by atoms with Gasteiger partial charge in [0.1, 0.15) is 0 Å². The van der Waals surface area contributed by atoms with Gasteiger partial charge in [0.15, 0.2) is 0 Å². The van der Waals surface area contributed by atoms with Crippen LogP contribution in [0, 0.1) is 0 Å². The molecule has 4 heterocycles. The lowest BCUT2D eigenvalue weighted by Gasteiger charge is -2.34. The Balaban J connectivity index is 0.920. The van der Waals surface area contributed by atoms with E-state index in [4.69, 9.17) is 19.9 Å². The molecule has 1 aliphatic rings. The molecule has 4 aromatic heterocycles. The lowest BCUT2D eigenvalue weighted by Crippen LogP contribution is -2.28. The monoisotopic (exact) mass is 826 g/mol. The first-order chi connectivity index (χ1) is 32.2. The van der Waals surface area contributed by atoms with Gasteiger partial charge in [-0.1, -0.05) is 206 Å². The van der Waals surface area contributed by atoms with Gasteiger partial charge in [-0.15, -0.1) is 0 Å². The van der Waals surface area contributed by atoms with Gasteiger partial charge in [0.05, 0.1) is 50.3 Å². The molecule has 0 fully saturated rings. The highest BCUT2D eigenvalue weighted by atomic mass is 14.8. The number of nitrogens with zero attached hydrogens (tertiary/aromatic N) is 4. The van der Waals surface area contributed by atoms with Crippen LogP contribution < -0.4 is 0 Å². The van der Waals surface area contributed by atoms with Crippen LogP contribution in [0.5, 0.6) is 0 Å². The van der Waals surface area contributed by atoms with Crippen molar-refractivity contribution in [2.45, 2.75) is 5.41 Å². The maximum atomic E-state index is 5.30. The fraction of sp³-hybridized carbons (Fsp3) is 0.0164. The molecule has 1 aliphatic carbocycles. The van der Waals surface area contributed by atoms with Crippen molar-refractivity contribution >= 4 is 43.6 Å². The van der Waals surface area contributed by atoms with Crippen molar-refractivity contribution in [2.24, 2.45) is 0 Å². The molecule has 13 rings (SSSR count). The Bertz CT molecular complexity index is 3550. The molecule has 0 radical (unpaired) electrons. The van der Waals surface area contributed by atoms with E-state index in [1.807, 2.05) is 12.1 Å². The number of hydrogen-bond donors (Lipinski definition) is 0. The number of aromatic nitrogens is 4.